The SMILES string of the molecule is COC(C)NOC(C)=O. The van der Waals surface area contributed by atoms with Gasteiger partial charge in [-0.3, -0.25) is 4.79 Å². The van der Waals surface area contributed by atoms with Crippen LogP contribution in [0.1, 0.15) is 13.8 Å². The third kappa shape index (κ3) is 5.26. The molecule has 1 N–H and O–H groups in total. The van der Waals surface area contributed by atoms with Gasteiger partial charge in [-0.25, -0.2) is 0 Å². The van der Waals surface area contributed by atoms with Gasteiger partial charge in [0.1, 0.15) is 6.23 Å². The van der Waals surface area contributed by atoms with E-state index in [1.807, 2.05) is 0 Å². The lowest BCUT2D eigenvalue weighted by Crippen LogP contribution is -2.29. The maximum Gasteiger partial charge on any atom is 0.321 e. The van der Waals surface area contributed by atoms with Crippen LogP contribution in [0.4, 0.5) is 0 Å². The van der Waals surface area contributed by atoms with Gasteiger partial charge >= 0.3 is 5.97 Å². The summed E-state index contributed by atoms with van der Waals surface area (Å²) in [7, 11) is 1.52. The van der Waals surface area contributed by atoms with E-state index in [0.29, 0.717) is 0 Å². The molecule has 0 amide bonds. The molecule has 0 saturated heterocycles. The molecule has 0 fully saturated rings. The molecule has 1 atom stereocenters. The van der Waals surface area contributed by atoms with Crippen molar-refractivity contribution in [3.05, 3.63) is 0 Å². The van der Waals surface area contributed by atoms with E-state index in [0.717, 1.165) is 0 Å². The summed E-state index contributed by atoms with van der Waals surface area (Å²) in [5.74, 6) is -0.376. The fraction of sp³-hybridized carbons (Fsp3) is 0.800. The minimum absolute atomic E-state index is 0.256. The van der Waals surface area contributed by atoms with Gasteiger partial charge in [0.15, 0.2) is 0 Å². The van der Waals surface area contributed by atoms with Crippen LogP contribution >= 0.6 is 0 Å². The van der Waals surface area contributed by atoms with Crippen LogP contribution in [0.25, 0.3) is 0 Å². The third-order valence-electron chi connectivity index (χ3n) is 0.722. The fourth-order valence-corrected chi connectivity index (χ4v) is 0.214. The molecule has 0 aromatic carbocycles. The topological polar surface area (TPSA) is 47.6 Å². The molecule has 1 unspecified atom stereocenters. The van der Waals surface area contributed by atoms with Crippen molar-refractivity contribution >= 4 is 5.97 Å². The normalized spacial score (nSPS) is 12.8. The van der Waals surface area contributed by atoms with Crippen LogP contribution in [-0.2, 0) is 14.4 Å². The Morgan fingerprint density at radius 2 is 2.22 bits per heavy atom. The predicted molar refractivity (Wildman–Crippen MR) is 31.4 cm³/mol. The van der Waals surface area contributed by atoms with Crippen molar-refractivity contribution in [2.75, 3.05) is 7.11 Å². The molecule has 0 radical (unpaired) electrons. The molecule has 9 heavy (non-hydrogen) atoms. The maximum atomic E-state index is 10.1. The lowest BCUT2D eigenvalue weighted by Gasteiger charge is -2.08. The molecule has 0 aliphatic carbocycles. The Kier molecular flexibility index (Phi) is 4.00. The molecule has 4 nitrogen and oxygen atoms in total. The summed E-state index contributed by atoms with van der Waals surface area (Å²) in [4.78, 5) is 14.5. The summed E-state index contributed by atoms with van der Waals surface area (Å²) in [5, 5.41) is 0. The molecule has 0 bridgehead atoms. The largest absolute Gasteiger partial charge is 0.368 e. The maximum absolute atomic E-state index is 10.1. The van der Waals surface area contributed by atoms with Gasteiger partial charge in [0.2, 0.25) is 0 Å². The van der Waals surface area contributed by atoms with E-state index in [1.165, 1.54) is 14.0 Å². The summed E-state index contributed by atoms with van der Waals surface area (Å²) < 4.78 is 4.71. The number of carbonyl (C=O) groups excluding carboxylic acids is 1. The zero-order chi connectivity index (χ0) is 7.28. The lowest BCUT2D eigenvalue weighted by molar-refractivity contribution is -0.157. The minimum atomic E-state index is -0.376. The van der Waals surface area contributed by atoms with Crippen LogP contribution < -0.4 is 5.48 Å². The Labute approximate surface area is 54.1 Å². The average molecular weight is 133 g/mol. The zero-order valence-corrected chi connectivity index (χ0v) is 5.80. The third-order valence-corrected chi connectivity index (χ3v) is 0.722. The molecule has 0 aromatic heterocycles. The van der Waals surface area contributed by atoms with Gasteiger partial charge in [0.05, 0.1) is 0 Å². The highest BCUT2D eigenvalue weighted by atomic mass is 16.7. The summed E-state index contributed by atoms with van der Waals surface area (Å²) in [6, 6.07) is 0. The van der Waals surface area contributed by atoms with Crippen LogP contribution in [0.2, 0.25) is 0 Å². The van der Waals surface area contributed by atoms with Crippen LogP contribution in [0.15, 0.2) is 0 Å². The van der Waals surface area contributed by atoms with Gasteiger partial charge in [-0.1, -0.05) is 0 Å². The molecule has 0 heterocycles. The summed E-state index contributed by atoms with van der Waals surface area (Å²) in [5.41, 5.74) is 2.36. The summed E-state index contributed by atoms with van der Waals surface area (Å²) in [6.07, 6.45) is -0.256. The first kappa shape index (κ1) is 8.39. The lowest BCUT2D eigenvalue weighted by atomic mass is 10.7. The van der Waals surface area contributed by atoms with E-state index in [2.05, 4.69) is 10.3 Å². The van der Waals surface area contributed by atoms with Gasteiger partial charge in [-0.15, -0.1) is 5.48 Å². The molecule has 54 valence electrons. The summed E-state index contributed by atoms with van der Waals surface area (Å²) >= 11 is 0. The van der Waals surface area contributed by atoms with E-state index >= 15 is 0 Å². The van der Waals surface area contributed by atoms with E-state index in [4.69, 9.17) is 4.74 Å². The number of hydrogen-bond donors (Lipinski definition) is 1. The molecule has 0 aromatic rings. The second-order valence-corrected chi connectivity index (χ2v) is 1.59. The Bertz CT molecular complexity index is 94.2. The van der Waals surface area contributed by atoms with Crippen LogP contribution in [-0.4, -0.2) is 19.3 Å². The predicted octanol–water partition coefficient (Wildman–Crippen LogP) is 0.0465. The molecular formula is C5H11NO3. The van der Waals surface area contributed by atoms with Gasteiger partial charge in [0, 0.05) is 14.0 Å². The van der Waals surface area contributed by atoms with Gasteiger partial charge < -0.3 is 9.57 Å². The van der Waals surface area contributed by atoms with E-state index in [1.54, 1.807) is 6.92 Å². The highest BCUT2D eigenvalue weighted by molar-refractivity contribution is 5.65. The Balaban J connectivity index is 3.16. The first-order valence-corrected chi connectivity index (χ1v) is 2.62. The first-order chi connectivity index (χ1) is 4.16. The van der Waals surface area contributed by atoms with Crippen molar-refractivity contribution in [2.24, 2.45) is 0 Å². The molecule has 0 spiro atoms. The van der Waals surface area contributed by atoms with Crippen molar-refractivity contribution in [2.45, 2.75) is 20.1 Å². The second kappa shape index (κ2) is 4.29. The van der Waals surface area contributed by atoms with Crippen molar-refractivity contribution in [1.29, 1.82) is 0 Å². The first-order valence-electron chi connectivity index (χ1n) is 2.62. The number of hydroxylamine groups is 1. The Hall–Kier alpha value is -0.610. The molecule has 0 saturated carbocycles. The average Bonchev–Trinajstić information content (AvgIpc) is 1.83. The van der Waals surface area contributed by atoms with Crippen molar-refractivity contribution in [1.82, 2.24) is 5.48 Å². The van der Waals surface area contributed by atoms with Crippen LogP contribution in [0.5, 0.6) is 0 Å². The molecule has 0 aliphatic rings. The number of nitrogens with one attached hydrogen (secondary N) is 1. The monoisotopic (exact) mass is 133 g/mol. The number of hydrogen-bond acceptors (Lipinski definition) is 4. The highest BCUT2D eigenvalue weighted by Gasteiger charge is 1.97. The van der Waals surface area contributed by atoms with Crippen molar-refractivity contribution in [3.8, 4) is 0 Å². The fourth-order valence-electron chi connectivity index (χ4n) is 0.214. The Morgan fingerprint density at radius 3 is 2.56 bits per heavy atom. The van der Waals surface area contributed by atoms with Crippen LogP contribution in [0, 0.1) is 0 Å². The standard InChI is InChI=1S/C5H11NO3/c1-4(8-3)6-9-5(2)7/h4,6H,1-3H3. The van der Waals surface area contributed by atoms with Gasteiger partial charge in [0.25, 0.3) is 0 Å². The van der Waals surface area contributed by atoms with E-state index in [-0.39, 0.29) is 12.2 Å². The molecular weight excluding hydrogens is 122 g/mol. The zero-order valence-electron chi connectivity index (χ0n) is 5.80. The number of methoxy groups -OCH3 is 1. The van der Waals surface area contributed by atoms with Gasteiger partial charge in [-0.2, -0.15) is 0 Å². The smallest absolute Gasteiger partial charge is 0.321 e. The molecule has 0 aliphatic heterocycles. The Morgan fingerprint density at radius 1 is 1.67 bits per heavy atom. The number of ether oxygens (including phenoxy) is 1. The quantitative estimate of drug-likeness (QED) is 0.436. The second-order valence-electron chi connectivity index (χ2n) is 1.59. The summed E-state index contributed by atoms with van der Waals surface area (Å²) in [6.45, 7) is 3.04. The minimum Gasteiger partial charge on any atom is -0.368 e. The van der Waals surface area contributed by atoms with Crippen molar-refractivity contribution < 1.29 is 14.4 Å². The number of carbonyl (C=O) groups is 1. The van der Waals surface area contributed by atoms with Crippen molar-refractivity contribution in [3.63, 3.8) is 0 Å². The van der Waals surface area contributed by atoms with Crippen LogP contribution in [0.3, 0.4) is 0 Å². The molecule has 4 heteroatoms. The van der Waals surface area contributed by atoms with E-state index < -0.39 is 0 Å². The van der Waals surface area contributed by atoms with E-state index in [9.17, 15) is 4.79 Å². The highest BCUT2D eigenvalue weighted by Crippen LogP contribution is 1.80. The number of rotatable bonds is 3. The van der Waals surface area contributed by atoms with Gasteiger partial charge in [-0.05, 0) is 6.92 Å². The molecule has 0 rings (SSSR count).